The van der Waals surface area contributed by atoms with Crippen LogP contribution in [0.15, 0.2) is 34.6 Å². The molecule has 0 radical (unpaired) electrons. The maximum atomic E-state index is 12.3. The quantitative estimate of drug-likeness (QED) is 0.747. The molecule has 3 aliphatic rings. The molecule has 3 rings (SSSR count). The molecule has 0 aromatic heterocycles. The minimum Gasteiger partial charge on any atom is -0.496 e. The highest BCUT2D eigenvalue weighted by Crippen LogP contribution is 2.42. The van der Waals surface area contributed by atoms with Crippen LogP contribution in [0.25, 0.3) is 0 Å². The Labute approximate surface area is 101 Å². The van der Waals surface area contributed by atoms with E-state index in [9.17, 15) is 4.79 Å². The van der Waals surface area contributed by atoms with Gasteiger partial charge in [-0.3, -0.25) is 4.79 Å². The number of carbonyl (C=O) groups excluding carboxylic acids is 1. The first kappa shape index (κ1) is 10.8. The molecular weight excluding hydrogens is 214 g/mol. The number of Topliss-reactive ketones (excluding diaryl/α,β-unsaturated/α-hetero) is 1. The summed E-state index contributed by atoms with van der Waals surface area (Å²) in [5, 5.41) is 3.29. The van der Waals surface area contributed by atoms with Crippen LogP contribution < -0.4 is 5.32 Å². The molecule has 0 saturated heterocycles. The third-order valence-electron chi connectivity index (χ3n) is 3.96. The van der Waals surface area contributed by atoms with Gasteiger partial charge in [-0.05, 0) is 37.0 Å². The van der Waals surface area contributed by atoms with Gasteiger partial charge in [-0.2, -0.15) is 0 Å². The van der Waals surface area contributed by atoms with Crippen LogP contribution in [0, 0.1) is 5.92 Å². The molecule has 0 saturated carbocycles. The van der Waals surface area contributed by atoms with Crippen molar-refractivity contribution in [1.82, 2.24) is 5.32 Å². The van der Waals surface area contributed by atoms with Gasteiger partial charge >= 0.3 is 0 Å². The molecule has 3 heteroatoms. The molecule has 0 aromatic carbocycles. The molecule has 17 heavy (non-hydrogen) atoms. The van der Waals surface area contributed by atoms with E-state index in [0.717, 1.165) is 25.1 Å². The molecule has 0 amide bonds. The topological polar surface area (TPSA) is 38.3 Å². The van der Waals surface area contributed by atoms with Gasteiger partial charge in [0.2, 0.25) is 0 Å². The minimum atomic E-state index is -0.0527. The number of rotatable bonds is 1. The molecule has 1 N–H and O–H groups in total. The van der Waals surface area contributed by atoms with Gasteiger partial charge in [0.1, 0.15) is 5.76 Å². The number of allylic oxidation sites excluding steroid dienone is 4. The first-order valence-electron chi connectivity index (χ1n) is 6.19. The van der Waals surface area contributed by atoms with Crippen LogP contribution in [0.3, 0.4) is 0 Å². The van der Waals surface area contributed by atoms with Gasteiger partial charge in [-0.15, -0.1) is 0 Å². The van der Waals surface area contributed by atoms with E-state index in [0.29, 0.717) is 5.78 Å². The van der Waals surface area contributed by atoms with E-state index in [1.54, 1.807) is 7.11 Å². The van der Waals surface area contributed by atoms with Gasteiger partial charge < -0.3 is 10.1 Å². The zero-order valence-corrected chi connectivity index (χ0v) is 10.2. The monoisotopic (exact) mass is 231 g/mol. The summed E-state index contributed by atoms with van der Waals surface area (Å²) in [5.41, 5.74) is 3.61. The molecule has 0 bridgehead atoms. The second-order valence-electron chi connectivity index (χ2n) is 4.90. The summed E-state index contributed by atoms with van der Waals surface area (Å²) in [6.45, 7) is 2.69. The van der Waals surface area contributed by atoms with Crippen molar-refractivity contribution in [1.29, 1.82) is 0 Å². The largest absolute Gasteiger partial charge is 0.496 e. The van der Waals surface area contributed by atoms with Crippen LogP contribution in [0.4, 0.5) is 0 Å². The van der Waals surface area contributed by atoms with Crippen molar-refractivity contribution in [2.45, 2.75) is 25.8 Å². The lowest BCUT2D eigenvalue weighted by molar-refractivity contribution is -0.123. The summed E-state index contributed by atoms with van der Waals surface area (Å²) >= 11 is 0. The molecule has 2 atom stereocenters. The third kappa shape index (κ3) is 1.49. The Balaban J connectivity index is 2.11. The summed E-state index contributed by atoms with van der Waals surface area (Å²) in [7, 11) is 1.70. The molecule has 2 aliphatic carbocycles. The summed E-state index contributed by atoms with van der Waals surface area (Å²) in [6, 6.07) is -0.0527. The number of hydrogen-bond donors (Lipinski definition) is 1. The van der Waals surface area contributed by atoms with E-state index < -0.39 is 0 Å². The third-order valence-corrected chi connectivity index (χ3v) is 3.96. The second kappa shape index (κ2) is 3.84. The van der Waals surface area contributed by atoms with Crippen molar-refractivity contribution in [3.8, 4) is 0 Å². The van der Waals surface area contributed by atoms with Crippen molar-refractivity contribution in [2.75, 3.05) is 13.7 Å². The van der Waals surface area contributed by atoms with Crippen molar-refractivity contribution >= 4 is 5.78 Å². The lowest BCUT2D eigenvalue weighted by Crippen LogP contribution is -2.37. The van der Waals surface area contributed by atoms with E-state index in [4.69, 9.17) is 4.74 Å². The Morgan fingerprint density at radius 2 is 2.29 bits per heavy atom. The Morgan fingerprint density at radius 1 is 1.47 bits per heavy atom. The van der Waals surface area contributed by atoms with E-state index in [2.05, 4.69) is 17.5 Å². The van der Waals surface area contributed by atoms with Crippen molar-refractivity contribution in [3.63, 3.8) is 0 Å². The summed E-state index contributed by atoms with van der Waals surface area (Å²) < 4.78 is 5.43. The Bertz CT molecular complexity index is 471. The number of ether oxygens (including phenoxy) is 1. The van der Waals surface area contributed by atoms with Crippen LogP contribution in [0.5, 0.6) is 0 Å². The van der Waals surface area contributed by atoms with Crippen molar-refractivity contribution in [2.24, 2.45) is 5.92 Å². The summed E-state index contributed by atoms with van der Waals surface area (Å²) in [4.78, 5) is 12.3. The first-order valence-corrected chi connectivity index (χ1v) is 6.19. The molecule has 0 unspecified atom stereocenters. The van der Waals surface area contributed by atoms with Crippen molar-refractivity contribution in [3.05, 3.63) is 34.6 Å². The Morgan fingerprint density at radius 3 is 3.06 bits per heavy atom. The predicted molar refractivity (Wildman–Crippen MR) is 65.4 cm³/mol. The number of ketones is 1. The van der Waals surface area contributed by atoms with Gasteiger partial charge in [0, 0.05) is 18.0 Å². The maximum absolute atomic E-state index is 12.3. The average molecular weight is 231 g/mol. The Hall–Kier alpha value is -1.35. The average Bonchev–Trinajstić information content (AvgIpc) is 2.66. The van der Waals surface area contributed by atoms with E-state index in [1.165, 1.54) is 16.7 Å². The summed E-state index contributed by atoms with van der Waals surface area (Å²) in [5.74, 6) is 1.32. The number of hydrogen-bond acceptors (Lipinski definition) is 3. The molecule has 1 heterocycles. The molecule has 3 nitrogen and oxygen atoms in total. The van der Waals surface area contributed by atoms with Crippen molar-refractivity contribution < 1.29 is 9.53 Å². The fourth-order valence-corrected chi connectivity index (χ4v) is 3.05. The van der Waals surface area contributed by atoms with E-state index in [1.807, 2.05) is 6.92 Å². The van der Waals surface area contributed by atoms with E-state index in [-0.39, 0.29) is 12.0 Å². The zero-order chi connectivity index (χ0) is 12.0. The highest BCUT2D eigenvalue weighted by molar-refractivity contribution is 5.91. The number of nitrogens with one attached hydrogen (secondary N) is 1. The standard InChI is InChI=1S/C14H17NO2/c1-8-14(16)10-5-3-4-9-6-12(17-2)11(7-15-8)13(9)10/h4,6,8,10,15H,3,5,7H2,1-2H3/t8-,10-/m1/s1. The van der Waals surface area contributed by atoms with Gasteiger partial charge in [-0.25, -0.2) is 0 Å². The van der Waals surface area contributed by atoms with Gasteiger partial charge in [0.05, 0.1) is 13.2 Å². The SMILES string of the molecule is COC1=CC2=CCC[C@H]3C(=O)[C@@H](C)NCC1=C23. The summed E-state index contributed by atoms with van der Waals surface area (Å²) in [6.07, 6.45) is 6.23. The molecular formula is C14H17NO2. The first-order chi connectivity index (χ1) is 8.22. The Kier molecular flexibility index (Phi) is 2.44. The fourth-order valence-electron chi connectivity index (χ4n) is 3.05. The molecule has 1 aliphatic heterocycles. The number of methoxy groups -OCH3 is 1. The van der Waals surface area contributed by atoms with Crippen LogP contribution >= 0.6 is 0 Å². The lowest BCUT2D eigenvalue weighted by atomic mass is 9.80. The van der Waals surface area contributed by atoms with Gasteiger partial charge in [0.15, 0.2) is 5.78 Å². The van der Waals surface area contributed by atoms with Crippen LogP contribution in [-0.4, -0.2) is 25.5 Å². The molecule has 0 aromatic rings. The van der Waals surface area contributed by atoms with Gasteiger partial charge in [0.25, 0.3) is 0 Å². The normalized spacial score (nSPS) is 31.8. The predicted octanol–water partition coefficient (Wildman–Crippen LogP) is 1.72. The second-order valence-corrected chi connectivity index (χ2v) is 4.90. The van der Waals surface area contributed by atoms with Gasteiger partial charge in [-0.1, -0.05) is 6.08 Å². The molecule has 0 fully saturated rings. The highest BCUT2D eigenvalue weighted by atomic mass is 16.5. The van der Waals surface area contributed by atoms with Crippen LogP contribution in [0.2, 0.25) is 0 Å². The van der Waals surface area contributed by atoms with Crippen LogP contribution in [0.1, 0.15) is 19.8 Å². The van der Waals surface area contributed by atoms with Crippen LogP contribution in [-0.2, 0) is 9.53 Å². The molecule has 90 valence electrons. The lowest BCUT2D eigenvalue weighted by Gasteiger charge is -2.23. The number of carbonyl (C=O) groups is 1. The van der Waals surface area contributed by atoms with E-state index >= 15 is 0 Å². The maximum Gasteiger partial charge on any atom is 0.156 e. The fraction of sp³-hybridized carbons (Fsp3) is 0.500. The minimum absolute atomic E-state index is 0.0527. The molecule has 0 spiro atoms. The highest BCUT2D eigenvalue weighted by Gasteiger charge is 2.38. The smallest absolute Gasteiger partial charge is 0.156 e. The zero-order valence-electron chi connectivity index (χ0n) is 10.2.